The fourth-order valence-electron chi connectivity index (χ4n) is 2.46. The summed E-state index contributed by atoms with van der Waals surface area (Å²) in [5.41, 5.74) is 1.11. The Hall–Kier alpha value is -1.73. The Morgan fingerprint density at radius 1 is 1.36 bits per heavy atom. The summed E-state index contributed by atoms with van der Waals surface area (Å²) in [5, 5.41) is 7.13. The van der Waals surface area contributed by atoms with Crippen LogP contribution in [0.3, 0.4) is 0 Å². The zero-order chi connectivity index (χ0) is 15.5. The molecule has 6 nitrogen and oxygen atoms in total. The van der Waals surface area contributed by atoms with Crippen LogP contribution in [-0.4, -0.2) is 46.9 Å². The minimum absolute atomic E-state index is 0.0182. The molecule has 0 radical (unpaired) electrons. The van der Waals surface area contributed by atoms with Crippen molar-refractivity contribution in [2.75, 3.05) is 31.1 Å². The van der Waals surface area contributed by atoms with E-state index < -0.39 is 0 Å². The number of urea groups is 1. The number of rotatable bonds is 3. The summed E-state index contributed by atoms with van der Waals surface area (Å²) in [6, 6.07) is 3.77. The first-order valence-corrected chi connectivity index (χ1v) is 8.32. The third kappa shape index (κ3) is 3.53. The van der Waals surface area contributed by atoms with Crippen molar-refractivity contribution >= 4 is 34.7 Å². The second-order valence-corrected chi connectivity index (χ2v) is 7.01. The number of nitrogens with zero attached hydrogens (tertiary/aromatic N) is 4. The summed E-state index contributed by atoms with van der Waals surface area (Å²) in [5.74, 6) is 0. The van der Waals surface area contributed by atoms with Crippen LogP contribution in [-0.2, 0) is 13.6 Å². The minimum atomic E-state index is -0.0182. The van der Waals surface area contributed by atoms with Gasteiger partial charge in [-0.2, -0.15) is 5.10 Å². The molecule has 1 saturated heterocycles. The first-order chi connectivity index (χ1) is 10.6. The molecular weight excluding hydrogens is 322 g/mol. The number of amides is 2. The first-order valence-electron chi connectivity index (χ1n) is 7.12. The van der Waals surface area contributed by atoms with E-state index >= 15 is 0 Å². The Morgan fingerprint density at radius 2 is 2.14 bits per heavy atom. The van der Waals surface area contributed by atoms with Gasteiger partial charge in [-0.05, 0) is 12.1 Å². The molecule has 118 valence electrons. The number of piperazine rings is 1. The third-order valence-corrected chi connectivity index (χ3v) is 4.90. The average Bonchev–Trinajstić information content (AvgIpc) is 3.13. The number of thiophene rings is 1. The Bertz CT molecular complexity index is 647. The molecular formula is C14H18ClN5OS. The molecule has 8 heteroatoms. The standard InChI is InChI=1S/C14H18ClN5OS/c1-18-10-11(8-17-18)19-4-6-20(7-5-19)14(21)16-9-12-2-3-13(15)22-12/h2-3,8,10H,4-7,9H2,1H3,(H,16,21). The van der Waals surface area contributed by atoms with E-state index in [4.69, 9.17) is 11.6 Å². The summed E-state index contributed by atoms with van der Waals surface area (Å²) in [6.45, 7) is 3.60. The van der Waals surface area contributed by atoms with Crippen molar-refractivity contribution in [1.29, 1.82) is 0 Å². The maximum atomic E-state index is 12.2. The molecule has 2 aromatic rings. The Labute approximate surface area is 138 Å². The van der Waals surface area contributed by atoms with Gasteiger partial charge in [-0.15, -0.1) is 11.3 Å². The van der Waals surface area contributed by atoms with Crippen molar-refractivity contribution in [3.63, 3.8) is 0 Å². The number of carbonyl (C=O) groups excluding carboxylic acids is 1. The number of anilines is 1. The van der Waals surface area contributed by atoms with Crippen molar-refractivity contribution in [2.45, 2.75) is 6.54 Å². The molecule has 0 atom stereocenters. The fraction of sp³-hybridized carbons (Fsp3) is 0.429. The number of hydrogen-bond donors (Lipinski definition) is 1. The SMILES string of the molecule is Cn1cc(N2CCN(C(=O)NCc3ccc(Cl)s3)CC2)cn1. The average molecular weight is 340 g/mol. The molecule has 0 aliphatic carbocycles. The maximum absolute atomic E-state index is 12.2. The lowest BCUT2D eigenvalue weighted by Crippen LogP contribution is -2.51. The van der Waals surface area contributed by atoms with Crippen molar-refractivity contribution in [1.82, 2.24) is 20.0 Å². The van der Waals surface area contributed by atoms with E-state index in [-0.39, 0.29) is 6.03 Å². The Morgan fingerprint density at radius 3 is 2.73 bits per heavy atom. The van der Waals surface area contributed by atoms with E-state index in [0.29, 0.717) is 19.6 Å². The summed E-state index contributed by atoms with van der Waals surface area (Å²) in [4.78, 5) is 17.3. The molecule has 3 rings (SSSR count). The molecule has 22 heavy (non-hydrogen) atoms. The number of hydrogen-bond acceptors (Lipinski definition) is 4. The Balaban J connectivity index is 1.47. The lowest BCUT2D eigenvalue weighted by atomic mass is 10.3. The van der Waals surface area contributed by atoms with Gasteiger partial charge in [-0.1, -0.05) is 11.6 Å². The van der Waals surface area contributed by atoms with Gasteiger partial charge in [0.25, 0.3) is 0 Å². The van der Waals surface area contributed by atoms with E-state index in [1.54, 1.807) is 4.68 Å². The molecule has 1 aliphatic rings. The van der Waals surface area contributed by atoms with Crippen molar-refractivity contribution in [3.8, 4) is 0 Å². The molecule has 2 aromatic heterocycles. The van der Waals surface area contributed by atoms with Gasteiger partial charge in [-0.25, -0.2) is 4.79 Å². The van der Waals surface area contributed by atoms with Gasteiger partial charge in [0.05, 0.1) is 22.8 Å². The van der Waals surface area contributed by atoms with Gasteiger partial charge in [0.15, 0.2) is 0 Å². The fourth-order valence-corrected chi connectivity index (χ4v) is 3.49. The smallest absolute Gasteiger partial charge is 0.317 e. The maximum Gasteiger partial charge on any atom is 0.317 e. The summed E-state index contributed by atoms with van der Waals surface area (Å²) >= 11 is 7.37. The van der Waals surface area contributed by atoms with Crippen molar-refractivity contribution < 1.29 is 4.79 Å². The highest BCUT2D eigenvalue weighted by Crippen LogP contribution is 2.21. The highest BCUT2D eigenvalue weighted by Gasteiger charge is 2.21. The molecule has 1 aliphatic heterocycles. The molecule has 0 saturated carbocycles. The zero-order valence-corrected chi connectivity index (χ0v) is 13.9. The van der Waals surface area contributed by atoms with E-state index in [1.807, 2.05) is 36.5 Å². The van der Waals surface area contributed by atoms with Crippen molar-refractivity contribution in [2.24, 2.45) is 7.05 Å². The van der Waals surface area contributed by atoms with Gasteiger partial charge in [0.1, 0.15) is 0 Å². The molecule has 3 heterocycles. The monoisotopic (exact) mass is 339 g/mol. The topological polar surface area (TPSA) is 53.4 Å². The highest BCUT2D eigenvalue weighted by molar-refractivity contribution is 7.16. The summed E-state index contributed by atoms with van der Waals surface area (Å²) in [6.07, 6.45) is 3.85. The van der Waals surface area contributed by atoms with Gasteiger partial charge in [-0.3, -0.25) is 4.68 Å². The Kier molecular flexibility index (Phi) is 4.54. The van der Waals surface area contributed by atoms with Gasteiger partial charge in [0, 0.05) is 44.3 Å². The second-order valence-electron chi connectivity index (χ2n) is 5.21. The van der Waals surface area contributed by atoms with Crippen LogP contribution in [0.4, 0.5) is 10.5 Å². The molecule has 1 fully saturated rings. The van der Waals surface area contributed by atoms with Crippen LogP contribution in [0.5, 0.6) is 0 Å². The van der Waals surface area contributed by atoms with Crippen LogP contribution in [0.2, 0.25) is 4.34 Å². The van der Waals surface area contributed by atoms with Crippen LogP contribution >= 0.6 is 22.9 Å². The normalized spacial score (nSPS) is 15.2. The largest absolute Gasteiger partial charge is 0.365 e. The van der Waals surface area contributed by atoms with Crippen LogP contribution < -0.4 is 10.2 Å². The number of carbonyl (C=O) groups is 1. The summed E-state index contributed by atoms with van der Waals surface area (Å²) in [7, 11) is 1.91. The lowest BCUT2D eigenvalue weighted by molar-refractivity contribution is 0.194. The number of nitrogens with one attached hydrogen (secondary N) is 1. The minimum Gasteiger partial charge on any atom is -0.365 e. The zero-order valence-electron chi connectivity index (χ0n) is 12.3. The predicted molar refractivity (Wildman–Crippen MR) is 88.6 cm³/mol. The number of aromatic nitrogens is 2. The lowest BCUT2D eigenvalue weighted by Gasteiger charge is -2.35. The molecule has 1 N–H and O–H groups in total. The number of halogens is 1. The third-order valence-electron chi connectivity index (χ3n) is 3.67. The van der Waals surface area contributed by atoms with Crippen molar-refractivity contribution in [3.05, 3.63) is 33.7 Å². The molecule has 0 aromatic carbocycles. The van der Waals surface area contributed by atoms with Gasteiger partial charge < -0.3 is 15.1 Å². The summed E-state index contributed by atoms with van der Waals surface area (Å²) < 4.78 is 2.54. The molecule has 0 unspecified atom stereocenters. The molecule has 0 spiro atoms. The molecule has 0 bridgehead atoms. The quantitative estimate of drug-likeness (QED) is 0.932. The van der Waals surface area contributed by atoms with E-state index in [9.17, 15) is 4.79 Å². The second kappa shape index (κ2) is 6.58. The van der Waals surface area contributed by atoms with E-state index in [0.717, 1.165) is 28.0 Å². The van der Waals surface area contributed by atoms with Gasteiger partial charge >= 0.3 is 6.03 Å². The van der Waals surface area contributed by atoms with Crippen LogP contribution in [0, 0.1) is 0 Å². The van der Waals surface area contributed by atoms with E-state index in [1.165, 1.54) is 11.3 Å². The van der Waals surface area contributed by atoms with Crippen LogP contribution in [0.25, 0.3) is 0 Å². The van der Waals surface area contributed by atoms with E-state index in [2.05, 4.69) is 15.3 Å². The van der Waals surface area contributed by atoms with Crippen LogP contribution in [0.1, 0.15) is 4.88 Å². The van der Waals surface area contributed by atoms with Crippen LogP contribution in [0.15, 0.2) is 24.5 Å². The highest BCUT2D eigenvalue weighted by atomic mass is 35.5. The van der Waals surface area contributed by atoms with Gasteiger partial charge in [0.2, 0.25) is 0 Å². The predicted octanol–water partition coefficient (Wildman–Crippen LogP) is 2.17. The number of aryl methyl sites for hydroxylation is 1. The first kappa shape index (κ1) is 15.2. The molecule has 2 amide bonds.